The van der Waals surface area contributed by atoms with Crippen LogP contribution in [0.5, 0.6) is 0 Å². The monoisotopic (exact) mass is 455 g/mol. The molecule has 0 spiro atoms. The molecule has 2 aromatic rings. The van der Waals surface area contributed by atoms with Crippen molar-refractivity contribution in [2.75, 3.05) is 25.1 Å². The molecule has 1 aromatic heterocycles. The van der Waals surface area contributed by atoms with Crippen LogP contribution in [0.3, 0.4) is 0 Å². The van der Waals surface area contributed by atoms with Gasteiger partial charge in [0.15, 0.2) is 0 Å². The number of halogens is 1. The summed E-state index contributed by atoms with van der Waals surface area (Å²) in [5, 5.41) is 23.3. The van der Waals surface area contributed by atoms with Gasteiger partial charge < -0.3 is 25.2 Å². The quantitative estimate of drug-likeness (QED) is 0.627. The third-order valence-corrected chi connectivity index (χ3v) is 6.40. The number of nitrogens with zero attached hydrogens (tertiary/aromatic N) is 4. The lowest BCUT2D eigenvalue weighted by Crippen LogP contribution is -2.51. The number of nitrogens with one attached hydrogen (secondary N) is 1. The molecule has 174 valence electrons. The predicted molar refractivity (Wildman–Crippen MR) is 118 cm³/mol. The van der Waals surface area contributed by atoms with Gasteiger partial charge in [0.2, 0.25) is 0 Å². The molecule has 1 aromatic carbocycles. The number of aryl methyl sites for hydroxylation is 1. The molecular weight excluding hydrogens is 429 g/mol. The van der Waals surface area contributed by atoms with Gasteiger partial charge in [0, 0.05) is 6.42 Å². The fourth-order valence-corrected chi connectivity index (χ4v) is 4.73. The average Bonchev–Trinajstić information content (AvgIpc) is 3.41. The van der Waals surface area contributed by atoms with Crippen LogP contribution in [0, 0.1) is 6.92 Å². The van der Waals surface area contributed by atoms with E-state index >= 15 is 0 Å². The summed E-state index contributed by atoms with van der Waals surface area (Å²) < 4.78 is 19.8. The molecule has 0 saturated carbocycles. The van der Waals surface area contributed by atoms with Crippen LogP contribution in [0.25, 0.3) is 0 Å². The number of carbonyl (C=O) groups is 1. The van der Waals surface area contributed by atoms with Gasteiger partial charge in [-0.25, -0.2) is 14.4 Å². The van der Waals surface area contributed by atoms with Crippen molar-refractivity contribution in [1.82, 2.24) is 14.9 Å². The Labute approximate surface area is 190 Å². The molecule has 0 bridgehead atoms. The molecule has 5 atom stereocenters. The Balaban J connectivity index is 1.43. The summed E-state index contributed by atoms with van der Waals surface area (Å²) in [7, 11) is 0. The highest BCUT2D eigenvalue weighted by Crippen LogP contribution is 2.36. The van der Waals surface area contributed by atoms with Crippen LogP contribution in [0.4, 0.5) is 10.2 Å². The molecule has 2 fully saturated rings. The fraction of sp³-hybridized carbons (Fsp3) is 0.478. The van der Waals surface area contributed by atoms with E-state index in [1.54, 1.807) is 0 Å². The maximum absolute atomic E-state index is 14.5. The second-order valence-electron chi connectivity index (χ2n) is 8.78. The van der Waals surface area contributed by atoms with Crippen LogP contribution in [0.15, 0.2) is 35.6 Å². The molecule has 2 saturated heterocycles. The first-order valence-corrected chi connectivity index (χ1v) is 11.0. The molecule has 0 aliphatic carbocycles. The first-order valence-electron chi connectivity index (χ1n) is 11.0. The highest BCUT2D eigenvalue weighted by molar-refractivity contribution is 6.47. The van der Waals surface area contributed by atoms with Gasteiger partial charge in [-0.15, -0.1) is 0 Å². The van der Waals surface area contributed by atoms with E-state index in [0.717, 1.165) is 11.1 Å². The van der Waals surface area contributed by atoms with Crippen molar-refractivity contribution >= 4 is 17.4 Å². The van der Waals surface area contributed by atoms with Crippen LogP contribution in [-0.2, 0) is 16.1 Å². The molecule has 10 heteroatoms. The summed E-state index contributed by atoms with van der Waals surface area (Å²) in [6.07, 6.45) is -1.61. The average molecular weight is 455 g/mol. The number of aliphatic hydroxyl groups is 2. The molecule has 1 amide bonds. The molecule has 0 radical (unpaired) electrons. The Bertz CT molecular complexity index is 1100. The number of likely N-dealkylation sites (tertiary alicyclic amines) is 1. The zero-order chi connectivity index (χ0) is 23.1. The number of hydrogen-bond acceptors (Lipinski definition) is 8. The molecule has 4 heterocycles. The topological polar surface area (TPSA) is 120 Å². The minimum atomic E-state index is -1.12. The van der Waals surface area contributed by atoms with Crippen molar-refractivity contribution < 1.29 is 24.1 Å². The number of hydrogen-bond donors (Lipinski definition) is 3. The SMILES string of the molecule is Cc1cccc([C@H]2C[C@H](F)CN2C(=O)C2=NCc3ncnc(N[C@@H]4COC[C@@H](O)[C@H]4O)c32)c1. The maximum atomic E-state index is 14.5. The van der Waals surface area contributed by atoms with Gasteiger partial charge in [0.25, 0.3) is 5.91 Å². The number of ether oxygens (including phenoxy) is 1. The number of aromatic nitrogens is 2. The second kappa shape index (κ2) is 8.77. The maximum Gasteiger partial charge on any atom is 0.273 e. The minimum Gasteiger partial charge on any atom is -0.388 e. The Morgan fingerprint density at radius 1 is 1.27 bits per heavy atom. The van der Waals surface area contributed by atoms with E-state index in [-0.39, 0.29) is 50.4 Å². The number of fused-ring (bicyclic) bond motifs is 1. The highest BCUT2D eigenvalue weighted by Gasteiger charge is 2.41. The second-order valence-corrected chi connectivity index (χ2v) is 8.78. The molecule has 3 aliphatic heterocycles. The smallest absolute Gasteiger partial charge is 0.273 e. The van der Waals surface area contributed by atoms with Crippen LogP contribution < -0.4 is 5.32 Å². The molecule has 5 rings (SSSR count). The standard InChI is InChI=1S/C23H26FN5O4/c1-12-3-2-4-13(5-12)17-6-14(24)8-29(17)23(32)20-19-15(7-25-20)26-11-27-22(19)28-16-9-33-10-18(30)21(16)31/h2-5,11,14,16-18,21,30-31H,6-10H2,1H3,(H,26,27,28)/t14-,16+,17+,18+,21-/m0/s1. The summed E-state index contributed by atoms with van der Waals surface area (Å²) in [6, 6.07) is 6.75. The van der Waals surface area contributed by atoms with E-state index < -0.39 is 24.4 Å². The Hall–Kier alpha value is -2.95. The summed E-state index contributed by atoms with van der Waals surface area (Å²) in [5.41, 5.74) is 3.12. The van der Waals surface area contributed by atoms with E-state index in [9.17, 15) is 19.4 Å². The number of aliphatic imine (C=N–C) groups is 1. The number of benzene rings is 1. The molecular formula is C23H26FN5O4. The van der Waals surface area contributed by atoms with Gasteiger partial charge in [-0.05, 0) is 12.5 Å². The minimum absolute atomic E-state index is 0.0103. The van der Waals surface area contributed by atoms with Gasteiger partial charge in [0.05, 0.1) is 49.6 Å². The predicted octanol–water partition coefficient (Wildman–Crippen LogP) is 0.932. The highest BCUT2D eigenvalue weighted by atomic mass is 19.1. The largest absolute Gasteiger partial charge is 0.388 e. The first-order chi connectivity index (χ1) is 15.9. The zero-order valence-electron chi connectivity index (χ0n) is 18.2. The van der Waals surface area contributed by atoms with E-state index in [1.165, 1.54) is 11.2 Å². The van der Waals surface area contributed by atoms with Crippen LogP contribution in [0.2, 0.25) is 0 Å². The molecule has 9 nitrogen and oxygen atoms in total. The third-order valence-electron chi connectivity index (χ3n) is 6.40. The van der Waals surface area contributed by atoms with Crippen molar-refractivity contribution in [1.29, 1.82) is 0 Å². The molecule has 33 heavy (non-hydrogen) atoms. The Morgan fingerprint density at radius 3 is 2.94 bits per heavy atom. The summed E-state index contributed by atoms with van der Waals surface area (Å²) >= 11 is 0. The van der Waals surface area contributed by atoms with E-state index in [0.29, 0.717) is 17.1 Å². The van der Waals surface area contributed by atoms with Gasteiger partial charge in [-0.1, -0.05) is 29.8 Å². The Morgan fingerprint density at radius 2 is 2.12 bits per heavy atom. The summed E-state index contributed by atoms with van der Waals surface area (Å²) in [6.45, 7) is 2.38. The molecule has 3 aliphatic rings. The van der Waals surface area contributed by atoms with Crippen molar-refractivity contribution in [3.8, 4) is 0 Å². The number of aliphatic hydroxyl groups excluding tert-OH is 2. The van der Waals surface area contributed by atoms with Crippen molar-refractivity contribution in [3.05, 3.63) is 53.0 Å². The van der Waals surface area contributed by atoms with E-state index in [2.05, 4.69) is 20.3 Å². The van der Waals surface area contributed by atoms with Crippen LogP contribution in [0.1, 0.15) is 34.8 Å². The van der Waals surface area contributed by atoms with Crippen LogP contribution in [-0.4, -0.2) is 80.9 Å². The zero-order valence-corrected chi connectivity index (χ0v) is 18.2. The Kier molecular flexibility index (Phi) is 5.81. The van der Waals surface area contributed by atoms with Crippen molar-refractivity contribution in [3.63, 3.8) is 0 Å². The fourth-order valence-electron chi connectivity index (χ4n) is 4.73. The van der Waals surface area contributed by atoms with Crippen LogP contribution >= 0.6 is 0 Å². The van der Waals surface area contributed by atoms with E-state index in [1.807, 2.05) is 31.2 Å². The van der Waals surface area contributed by atoms with Gasteiger partial charge in [0.1, 0.15) is 36.2 Å². The van der Waals surface area contributed by atoms with Crippen molar-refractivity contribution in [2.45, 2.75) is 50.4 Å². The summed E-state index contributed by atoms with van der Waals surface area (Å²) in [4.78, 5) is 28.1. The van der Waals surface area contributed by atoms with Gasteiger partial charge >= 0.3 is 0 Å². The number of amides is 1. The first kappa shape index (κ1) is 21.9. The number of anilines is 1. The lowest BCUT2D eigenvalue weighted by molar-refractivity contribution is -0.125. The van der Waals surface area contributed by atoms with Gasteiger partial charge in [-0.2, -0.15) is 0 Å². The van der Waals surface area contributed by atoms with Crippen molar-refractivity contribution in [2.24, 2.45) is 4.99 Å². The molecule has 0 unspecified atom stereocenters. The normalized spacial score (nSPS) is 29.0. The summed E-state index contributed by atoms with van der Waals surface area (Å²) in [5.74, 6) is -0.0480. The number of carbonyl (C=O) groups excluding carboxylic acids is 1. The lowest BCUT2D eigenvalue weighted by Gasteiger charge is -2.33. The molecule has 3 N–H and O–H groups in total. The number of alkyl halides is 1. The number of rotatable bonds is 4. The van der Waals surface area contributed by atoms with Gasteiger partial charge in [-0.3, -0.25) is 9.79 Å². The third kappa shape index (κ3) is 4.09. The van der Waals surface area contributed by atoms with E-state index in [4.69, 9.17) is 4.74 Å². The lowest BCUT2D eigenvalue weighted by atomic mass is 10.0.